The number of likely N-dealkylation sites (tertiary alicyclic amines) is 1. The molecule has 1 aromatic heterocycles. The van der Waals surface area contributed by atoms with E-state index in [1.807, 2.05) is 6.20 Å². The van der Waals surface area contributed by atoms with Gasteiger partial charge >= 0.3 is 0 Å². The molecule has 1 aliphatic rings. The van der Waals surface area contributed by atoms with Gasteiger partial charge in [0.25, 0.3) is 0 Å². The normalized spacial score (nSPS) is 17.4. The number of piperidine rings is 1. The fourth-order valence-corrected chi connectivity index (χ4v) is 2.64. The molecule has 0 saturated carbocycles. The van der Waals surface area contributed by atoms with Crippen molar-refractivity contribution >= 4 is 10.8 Å². The Kier molecular flexibility index (Phi) is 3.06. The van der Waals surface area contributed by atoms with Gasteiger partial charge in [-0.15, -0.1) is 0 Å². The van der Waals surface area contributed by atoms with Crippen molar-refractivity contribution in [2.45, 2.75) is 25.8 Å². The van der Waals surface area contributed by atoms with Crippen LogP contribution in [-0.4, -0.2) is 23.0 Å². The Bertz CT molecular complexity index is 496. The van der Waals surface area contributed by atoms with Crippen LogP contribution < -0.4 is 0 Å². The molecular weight excluding hydrogens is 208 g/mol. The molecule has 2 heteroatoms. The molecule has 2 heterocycles. The van der Waals surface area contributed by atoms with Crippen molar-refractivity contribution in [2.75, 3.05) is 13.1 Å². The zero-order valence-corrected chi connectivity index (χ0v) is 10.1. The standard InChI is InChI=1S/C15H18N2/c1-4-10-17(11-5-1)12-15-14-7-3-2-6-13(14)8-9-16-15/h2-3,6-9H,1,4-5,10-12H2. The maximum Gasteiger partial charge on any atom is 0.0622 e. The average molecular weight is 226 g/mol. The molecule has 17 heavy (non-hydrogen) atoms. The van der Waals surface area contributed by atoms with Crippen LogP contribution in [0.3, 0.4) is 0 Å². The van der Waals surface area contributed by atoms with Gasteiger partial charge in [0, 0.05) is 18.1 Å². The van der Waals surface area contributed by atoms with E-state index in [-0.39, 0.29) is 0 Å². The molecular formula is C15H18N2. The first-order valence-corrected chi connectivity index (χ1v) is 6.48. The lowest BCUT2D eigenvalue weighted by atomic mass is 10.1. The summed E-state index contributed by atoms with van der Waals surface area (Å²) in [5, 5.41) is 2.61. The molecule has 0 spiro atoms. The molecule has 2 nitrogen and oxygen atoms in total. The summed E-state index contributed by atoms with van der Waals surface area (Å²) in [4.78, 5) is 7.09. The van der Waals surface area contributed by atoms with Gasteiger partial charge in [0.2, 0.25) is 0 Å². The highest BCUT2D eigenvalue weighted by Crippen LogP contribution is 2.19. The van der Waals surface area contributed by atoms with E-state index in [4.69, 9.17) is 0 Å². The number of pyridine rings is 1. The largest absolute Gasteiger partial charge is 0.297 e. The van der Waals surface area contributed by atoms with Crippen LogP contribution in [0.25, 0.3) is 10.8 Å². The molecule has 2 aromatic rings. The van der Waals surface area contributed by atoms with Gasteiger partial charge in [-0.1, -0.05) is 30.7 Å². The molecule has 1 saturated heterocycles. The lowest BCUT2D eigenvalue weighted by molar-refractivity contribution is 0.219. The molecule has 0 atom stereocenters. The Morgan fingerprint density at radius 3 is 2.71 bits per heavy atom. The zero-order valence-electron chi connectivity index (χ0n) is 10.1. The summed E-state index contributed by atoms with van der Waals surface area (Å²) in [5.74, 6) is 0. The van der Waals surface area contributed by atoms with Crippen LogP contribution in [0.4, 0.5) is 0 Å². The van der Waals surface area contributed by atoms with Crippen molar-refractivity contribution in [1.29, 1.82) is 0 Å². The first-order chi connectivity index (χ1) is 8.43. The number of fused-ring (bicyclic) bond motifs is 1. The third-order valence-electron chi connectivity index (χ3n) is 3.58. The van der Waals surface area contributed by atoms with Crippen LogP contribution in [0.2, 0.25) is 0 Å². The second-order valence-corrected chi connectivity index (χ2v) is 4.82. The van der Waals surface area contributed by atoms with Crippen molar-refractivity contribution in [3.8, 4) is 0 Å². The van der Waals surface area contributed by atoms with Gasteiger partial charge in [-0.2, -0.15) is 0 Å². The second-order valence-electron chi connectivity index (χ2n) is 4.82. The highest BCUT2D eigenvalue weighted by molar-refractivity contribution is 5.84. The maximum absolute atomic E-state index is 4.56. The van der Waals surface area contributed by atoms with Gasteiger partial charge in [-0.25, -0.2) is 0 Å². The van der Waals surface area contributed by atoms with Gasteiger partial charge in [0.05, 0.1) is 5.69 Å². The fourth-order valence-electron chi connectivity index (χ4n) is 2.64. The molecule has 0 bridgehead atoms. The average Bonchev–Trinajstić information content (AvgIpc) is 2.40. The van der Waals surface area contributed by atoms with E-state index in [9.17, 15) is 0 Å². The molecule has 0 aliphatic carbocycles. The highest BCUT2D eigenvalue weighted by Gasteiger charge is 2.12. The quantitative estimate of drug-likeness (QED) is 0.781. The number of hydrogen-bond donors (Lipinski definition) is 0. The SMILES string of the molecule is c1ccc2c(CN3CCCCC3)nccc2c1. The minimum atomic E-state index is 1.00. The molecule has 0 N–H and O–H groups in total. The molecule has 1 aromatic carbocycles. The smallest absolute Gasteiger partial charge is 0.0622 e. The number of aromatic nitrogens is 1. The van der Waals surface area contributed by atoms with Crippen molar-refractivity contribution in [3.63, 3.8) is 0 Å². The topological polar surface area (TPSA) is 16.1 Å². The minimum Gasteiger partial charge on any atom is -0.297 e. The second kappa shape index (κ2) is 4.84. The summed E-state index contributed by atoms with van der Waals surface area (Å²) in [5.41, 5.74) is 1.23. The maximum atomic E-state index is 4.56. The summed E-state index contributed by atoms with van der Waals surface area (Å²) in [6, 6.07) is 10.6. The molecule has 88 valence electrons. The van der Waals surface area contributed by atoms with Crippen molar-refractivity contribution in [1.82, 2.24) is 9.88 Å². The summed E-state index contributed by atoms with van der Waals surface area (Å²) in [6.07, 6.45) is 6.00. The minimum absolute atomic E-state index is 1.00. The lowest BCUT2D eigenvalue weighted by Gasteiger charge is -2.26. The lowest BCUT2D eigenvalue weighted by Crippen LogP contribution is -2.29. The fraction of sp³-hybridized carbons (Fsp3) is 0.400. The van der Waals surface area contributed by atoms with Gasteiger partial charge in [-0.3, -0.25) is 9.88 Å². The Hall–Kier alpha value is -1.41. The van der Waals surface area contributed by atoms with Crippen molar-refractivity contribution in [3.05, 3.63) is 42.2 Å². The molecule has 0 unspecified atom stereocenters. The Balaban J connectivity index is 1.89. The molecule has 0 radical (unpaired) electrons. The highest BCUT2D eigenvalue weighted by atomic mass is 15.1. The van der Waals surface area contributed by atoms with Crippen LogP contribution in [0.1, 0.15) is 25.0 Å². The Morgan fingerprint density at radius 1 is 1.00 bits per heavy atom. The van der Waals surface area contributed by atoms with Crippen molar-refractivity contribution < 1.29 is 0 Å². The van der Waals surface area contributed by atoms with Crippen LogP contribution >= 0.6 is 0 Å². The van der Waals surface area contributed by atoms with Gasteiger partial charge < -0.3 is 0 Å². The van der Waals surface area contributed by atoms with E-state index in [1.165, 1.54) is 48.8 Å². The van der Waals surface area contributed by atoms with E-state index >= 15 is 0 Å². The Morgan fingerprint density at radius 2 is 1.82 bits per heavy atom. The third-order valence-corrected chi connectivity index (χ3v) is 3.58. The van der Waals surface area contributed by atoms with Crippen LogP contribution in [0, 0.1) is 0 Å². The number of rotatable bonds is 2. The van der Waals surface area contributed by atoms with E-state index < -0.39 is 0 Å². The van der Waals surface area contributed by atoms with E-state index in [2.05, 4.69) is 40.2 Å². The number of hydrogen-bond acceptors (Lipinski definition) is 2. The first kappa shape index (κ1) is 10.7. The van der Waals surface area contributed by atoms with Gasteiger partial charge in [-0.05, 0) is 37.4 Å². The summed E-state index contributed by atoms with van der Waals surface area (Å²) < 4.78 is 0. The zero-order chi connectivity index (χ0) is 11.5. The third kappa shape index (κ3) is 2.32. The van der Waals surface area contributed by atoms with Crippen LogP contribution in [-0.2, 0) is 6.54 Å². The number of nitrogens with zero attached hydrogens (tertiary/aromatic N) is 2. The van der Waals surface area contributed by atoms with Crippen LogP contribution in [0.5, 0.6) is 0 Å². The molecule has 0 amide bonds. The molecule has 1 aliphatic heterocycles. The van der Waals surface area contributed by atoms with Gasteiger partial charge in [0.1, 0.15) is 0 Å². The van der Waals surface area contributed by atoms with Crippen LogP contribution in [0.15, 0.2) is 36.5 Å². The molecule has 3 rings (SSSR count). The molecule has 1 fully saturated rings. The van der Waals surface area contributed by atoms with E-state index in [0.29, 0.717) is 0 Å². The number of benzene rings is 1. The first-order valence-electron chi connectivity index (χ1n) is 6.48. The summed E-state index contributed by atoms with van der Waals surface area (Å²) in [7, 11) is 0. The Labute approximate surface area is 102 Å². The predicted octanol–water partition coefficient (Wildman–Crippen LogP) is 3.22. The van der Waals surface area contributed by atoms with Crippen molar-refractivity contribution in [2.24, 2.45) is 0 Å². The summed E-state index contributed by atoms with van der Waals surface area (Å²) in [6.45, 7) is 3.46. The van der Waals surface area contributed by atoms with Gasteiger partial charge in [0.15, 0.2) is 0 Å². The van der Waals surface area contributed by atoms with E-state index in [0.717, 1.165) is 6.54 Å². The summed E-state index contributed by atoms with van der Waals surface area (Å²) >= 11 is 0. The predicted molar refractivity (Wildman–Crippen MR) is 70.9 cm³/mol. The monoisotopic (exact) mass is 226 g/mol. The van der Waals surface area contributed by atoms with E-state index in [1.54, 1.807) is 0 Å².